The summed E-state index contributed by atoms with van der Waals surface area (Å²) in [5.41, 5.74) is 1.13. The molecule has 0 bridgehead atoms. The fourth-order valence-electron chi connectivity index (χ4n) is 7.88. The molecule has 0 aliphatic carbocycles. The molecule has 1 unspecified atom stereocenters. The van der Waals surface area contributed by atoms with E-state index in [1.807, 2.05) is 11.9 Å². The third-order valence-corrected chi connectivity index (χ3v) is 13.0. The molecule has 1 fully saturated rings. The maximum Gasteiger partial charge on any atom is 0.407 e. The van der Waals surface area contributed by atoms with Crippen LogP contribution in [0.1, 0.15) is 140 Å². The lowest BCUT2D eigenvalue weighted by molar-refractivity contribution is -0.150. The van der Waals surface area contributed by atoms with Gasteiger partial charge in [-0.05, 0) is 88.6 Å². The largest absolute Gasteiger partial charge is 0.508 e. The molecule has 3 N–H and O–H groups in total. The Labute approximate surface area is 362 Å². The number of aromatic nitrogens is 1. The van der Waals surface area contributed by atoms with Crippen LogP contribution in [0.3, 0.4) is 0 Å². The molecule has 14 heteroatoms. The van der Waals surface area contributed by atoms with E-state index in [9.17, 15) is 29.1 Å². The summed E-state index contributed by atoms with van der Waals surface area (Å²) in [5.74, 6) is -1.30. The topological polar surface area (TPSA) is 167 Å². The van der Waals surface area contributed by atoms with Crippen LogP contribution in [0.5, 0.6) is 5.75 Å². The molecule has 13 nitrogen and oxygen atoms in total. The van der Waals surface area contributed by atoms with Crippen molar-refractivity contribution in [2.24, 2.45) is 23.7 Å². The van der Waals surface area contributed by atoms with Crippen LogP contribution in [0, 0.1) is 23.7 Å². The SMILES string of the molecule is CCCCOCN(C(=O)[C@@H](CC(=O)[C@H]1CCCCN1C)C(C)CC)[C@H](C[C@@H](C)c1nc(C(=O)N[C@@H](Cc2ccc(O)cc2)C[C@H](C)C(=O)CNC(=O)OCC)cs1)C(C)C. The number of alkyl carbamates (subject to hydrolysis) is 1. The van der Waals surface area contributed by atoms with Gasteiger partial charge in [-0.1, -0.05) is 79.9 Å². The van der Waals surface area contributed by atoms with Gasteiger partial charge in [-0.25, -0.2) is 9.78 Å². The number of likely N-dealkylation sites (tertiary alicyclic amines) is 1. The minimum atomic E-state index is -0.662. The monoisotopic (exact) mass is 856 g/mol. The zero-order valence-electron chi connectivity index (χ0n) is 37.7. The number of ether oxygens (including phenoxy) is 2. The second-order valence-corrected chi connectivity index (χ2v) is 18.0. The first-order valence-corrected chi connectivity index (χ1v) is 23.1. The summed E-state index contributed by atoms with van der Waals surface area (Å²) < 4.78 is 11.0. The number of thiazole rings is 1. The van der Waals surface area contributed by atoms with E-state index in [1.54, 1.807) is 43.5 Å². The summed E-state index contributed by atoms with van der Waals surface area (Å²) in [5, 5.41) is 17.9. The van der Waals surface area contributed by atoms with E-state index in [-0.39, 0.29) is 91.0 Å². The number of piperidine rings is 1. The zero-order valence-corrected chi connectivity index (χ0v) is 38.5. The first kappa shape index (κ1) is 50.5. The molecule has 0 radical (unpaired) electrons. The van der Waals surface area contributed by atoms with E-state index in [1.165, 1.54) is 11.3 Å². The summed E-state index contributed by atoms with van der Waals surface area (Å²) in [6, 6.07) is 5.90. The Morgan fingerprint density at radius 1 is 1.02 bits per heavy atom. The fraction of sp³-hybridized carbons (Fsp3) is 0.696. The van der Waals surface area contributed by atoms with Crippen LogP contribution in [-0.4, -0.2) is 108 Å². The summed E-state index contributed by atoms with van der Waals surface area (Å²) in [4.78, 5) is 75.9. The maximum absolute atomic E-state index is 14.8. The van der Waals surface area contributed by atoms with Gasteiger partial charge in [0, 0.05) is 48.2 Å². The number of ketones is 2. The van der Waals surface area contributed by atoms with Crippen LogP contribution < -0.4 is 10.6 Å². The number of hydrogen-bond donors (Lipinski definition) is 3. The quantitative estimate of drug-likeness (QED) is 0.0629. The molecule has 0 saturated carbocycles. The van der Waals surface area contributed by atoms with E-state index in [0.29, 0.717) is 25.9 Å². The Bertz CT molecular complexity index is 1650. The van der Waals surface area contributed by atoms with Crippen LogP contribution in [0.2, 0.25) is 0 Å². The average Bonchev–Trinajstić information content (AvgIpc) is 3.73. The van der Waals surface area contributed by atoms with Gasteiger partial charge >= 0.3 is 6.09 Å². The number of hydrogen-bond acceptors (Lipinski definition) is 11. The highest BCUT2D eigenvalue weighted by atomic mass is 32.1. The molecule has 2 heterocycles. The van der Waals surface area contributed by atoms with Crippen molar-refractivity contribution in [2.75, 3.05) is 40.1 Å². The summed E-state index contributed by atoms with van der Waals surface area (Å²) in [6.45, 7) is 17.6. The van der Waals surface area contributed by atoms with Crippen molar-refractivity contribution in [2.45, 2.75) is 144 Å². The van der Waals surface area contributed by atoms with Crippen molar-refractivity contribution in [3.63, 3.8) is 0 Å². The number of unbranched alkanes of at least 4 members (excludes halogenated alkanes) is 1. The highest BCUT2D eigenvalue weighted by Gasteiger charge is 2.38. The third-order valence-electron chi connectivity index (χ3n) is 11.9. The lowest BCUT2D eigenvalue weighted by Crippen LogP contribution is -2.50. The van der Waals surface area contributed by atoms with Crippen molar-refractivity contribution in [3.8, 4) is 5.75 Å². The Morgan fingerprint density at radius 2 is 1.73 bits per heavy atom. The van der Waals surface area contributed by atoms with Gasteiger partial charge in [0.05, 0.1) is 24.2 Å². The van der Waals surface area contributed by atoms with Crippen LogP contribution in [0.25, 0.3) is 0 Å². The number of carbonyl (C=O) groups excluding carboxylic acids is 5. The van der Waals surface area contributed by atoms with Gasteiger partial charge < -0.3 is 30.1 Å². The second-order valence-electron chi connectivity index (χ2n) is 17.1. The zero-order chi connectivity index (χ0) is 44.4. The van der Waals surface area contributed by atoms with Gasteiger partial charge in [-0.3, -0.25) is 24.1 Å². The van der Waals surface area contributed by atoms with E-state index < -0.39 is 24.0 Å². The van der Waals surface area contributed by atoms with E-state index >= 15 is 0 Å². The van der Waals surface area contributed by atoms with Gasteiger partial charge in [0.15, 0.2) is 11.6 Å². The van der Waals surface area contributed by atoms with Gasteiger partial charge in [-0.15, -0.1) is 11.3 Å². The Morgan fingerprint density at radius 3 is 2.37 bits per heavy atom. The molecule has 60 heavy (non-hydrogen) atoms. The predicted molar refractivity (Wildman–Crippen MR) is 236 cm³/mol. The molecule has 336 valence electrons. The van der Waals surface area contributed by atoms with E-state index in [2.05, 4.69) is 57.1 Å². The summed E-state index contributed by atoms with van der Waals surface area (Å²) in [6.07, 6.45) is 6.42. The molecule has 1 aromatic carbocycles. The molecule has 1 aromatic heterocycles. The smallest absolute Gasteiger partial charge is 0.407 e. The molecular formula is C46H73N5O8S. The van der Waals surface area contributed by atoms with Crippen LogP contribution in [0.15, 0.2) is 29.6 Å². The van der Waals surface area contributed by atoms with Crippen molar-refractivity contribution in [1.82, 2.24) is 25.4 Å². The number of carbonyl (C=O) groups is 5. The number of benzene rings is 1. The molecular weight excluding hydrogens is 783 g/mol. The summed E-state index contributed by atoms with van der Waals surface area (Å²) in [7, 11) is 2.01. The Hall–Kier alpha value is -3.88. The first-order chi connectivity index (χ1) is 28.6. The molecule has 7 atom stereocenters. The molecule has 2 aromatic rings. The van der Waals surface area contributed by atoms with E-state index in [0.717, 1.165) is 55.6 Å². The normalized spacial score (nSPS) is 17.5. The Balaban J connectivity index is 1.81. The first-order valence-electron chi connectivity index (χ1n) is 22.2. The van der Waals surface area contributed by atoms with Crippen LogP contribution >= 0.6 is 11.3 Å². The Kier molecular flexibility index (Phi) is 21.7. The number of aromatic hydroxyl groups is 1. The third kappa shape index (κ3) is 15.9. The van der Waals surface area contributed by atoms with Crippen molar-refractivity contribution >= 4 is 40.8 Å². The number of nitrogens with zero attached hydrogens (tertiary/aromatic N) is 3. The maximum atomic E-state index is 14.8. The van der Waals surface area contributed by atoms with Gasteiger partial charge in [0.2, 0.25) is 5.91 Å². The number of amides is 3. The van der Waals surface area contributed by atoms with Gasteiger partial charge in [-0.2, -0.15) is 0 Å². The molecule has 1 aliphatic rings. The van der Waals surface area contributed by atoms with Crippen molar-refractivity contribution < 1.29 is 38.6 Å². The molecule has 0 spiro atoms. The molecule has 3 rings (SSSR count). The minimum Gasteiger partial charge on any atom is -0.508 e. The van der Waals surface area contributed by atoms with Crippen LogP contribution in [-0.2, 0) is 30.3 Å². The minimum absolute atomic E-state index is 0.0130. The standard InChI is InChI=1S/C46H73N5O8S/c1-10-13-22-58-29-51(45(56)37(31(6)11-2)26-41(53)39-16-14-15-21-50(39)9)40(30(4)5)24-33(8)44-49-38(28-60-44)43(55)48-35(25-34-17-19-36(52)20-18-34)23-32(7)42(54)27-47-46(57)59-12-3/h17-20,28,30-33,35,37,39-40,52H,10-16,21-27,29H2,1-9H3,(H,47,57)(H,48,55)/t31?,32-,33+,35+,37-,39+,40+/m0/s1. The number of likely N-dealkylation sites (N-methyl/N-ethyl adjacent to an activating group) is 1. The number of rotatable bonds is 26. The van der Waals surface area contributed by atoms with Crippen molar-refractivity contribution in [3.05, 3.63) is 45.9 Å². The van der Waals surface area contributed by atoms with Crippen LogP contribution in [0.4, 0.5) is 4.79 Å². The second kappa shape index (κ2) is 25.8. The molecule has 1 saturated heterocycles. The number of phenolic OH excluding ortho intramolecular Hbond substituents is 1. The number of phenols is 1. The number of nitrogens with one attached hydrogen (secondary N) is 2. The van der Waals surface area contributed by atoms with Gasteiger partial charge in [0.1, 0.15) is 18.2 Å². The lowest BCUT2D eigenvalue weighted by Gasteiger charge is -2.39. The van der Waals surface area contributed by atoms with Gasteiger partial charge in [0.25, 0.3) is 5.91 Å². The summed E-state index contributed by atoms with van der Waals surface area (Å²) >= 11 is 1.40. The highest BCUT2D eigenvalue weighted by molar-refractivity contribution is 7.09. The predicted octanol–water partition coefficient (Wildman–Crippen LogP) is 7.76. The molecule has 1 aliphatic heterocycles. The fourth-order valence-corrected chi connectivity index (χ4v) is 8.75. The number of Topliss-reactive ketones (excluding diaryl/α,β-unsaturated/α-hetero) is 2. The van der Waals surface area contributed by atoms with Crippen molar-refractivity contribution in [1.29, 1.82) is 0 Å². The van der Waals surface area contributed by atoms with E-state index in [4.69, 9.17) is 14.5 Å². The molecule has 3 amide bonds. The lowest BCUT2D eigenvalue weighted by atomic mass is 9.82. The highest BCUT2D eigenvalue weighted by Crippen LogP contribution is 2.32. The average molecular weight is 856 g/mol.